The third-order valence-corrected chi connectivity index (χ3v) is 3.22. The second-order valence-corrected chi connectivity index (χ2v) is 4.84. The van der Waals surface area contributed by atoms with E-state index >= 15 is 0 Å². The van der Waals surface area contributed by atoms with Crippen LogP contribution in [0.25, 0.3) is 5.65 Å². The maximum absolute atomic E-state index is 6.20. The Morgan fingerprint density at radius 1 is 1.44 bits per heavy atom. The lowest BCUT2D eigenvalue weighted by molar-refractivity contribution is 0.870. The molecule has 0 atom stereocenters. The van der Waals surface area contributed by atoms with Crippen LogP contribution in [-0.4, -0.2) is 14.6 Å². The van der Waals surface area contributed by atoms with Crippen molar-refractivity contribution in [1.29, 1.82) is 0 Å². The first-order chi connectivity index (χ1) is 7.78. The van der Waals surface area contributed by atoms with Crippen LogP contribution in [0.3, 0.4) is 0 Å². The van der Waals surface area contributed by atoms with Crippen LogP contribution >= 0.6 is 11.6 Å². The Morgan fingerprint density at radius 3 is 2.94 bits per heavy atom. The molecule has 0 amide bonds. The van der Waals surface area contributed by atoms with Gasteiger partial charge in [0.05, 0.1) is 0 Å². The van der Waals surface area contributed by atoms with Crippen molar-refractivity contribution in [2.45, 2.75) is 38.5 Å². The van der Waals surface area contributed by atoms with Gasteiger partial charge < -0.3 is 0 Å². The molecule has 1 saturated carbocycles. The van der Waals surface area contributed by atoms with E-state index in [-0.39, 0.29) is 0 Å². The Hall–Kier alpha value is -1.09. The SMILES string of the molecule is CCCc1cc(Cl)n2nc(C3CC3)nc2c1. The molecule has 3 nitrogen and oxygen atoms in total. The van der Waals surface area contributed by atoms with Gasteiger partial charge in [0.2, 0.25) is 0 Å². The molecule has 1 fully saturated rings. The first-order valence-electron chi connectivity index (χ1n) is 5.83. The van der Waals surface area contributed by atoms with Gasteiger partial charge in [-0.15, -0.1) is 5.10 Å². The molecule has 0 radical (unpaired) electrons. The van der Waals surface area contributed by atoms with Gasteiger partial charge in [0.1, 0.15) is 5.15 Å². The van der Waals surface area contributed by atoms with E-state index in [0.29, 0.717) is 11.1 Å². The molecule has 84 valence electrons. The van der Waals surface area contributed by atoms with Gasteiger partial charge in [-0.25, -0.2) is 9.50 Å². The van der Waals surface area contributed by atoms with E-state index in [1.807, 2.05) is 6.07 Å². The number of nitrogens with zero attached hydrogens (tertiary/aromatic N) is 3. The van der Waals surface area contributed by atoms with E-state index < -0.39 is 0 Å². The Balaban J connectivity index is 2.10. The van der Waals surface area contributed by atoms with Crippen molar-refractivity contribution in [3.8, 4) is 0 Å². The second-order valence-electron chi connectivity index (χ2n) is 4.45. The van der Waals surface area contributed by atoms with Crippen LogP contribution in [0, 0.1) is 0 Å². The maximum Gasteiger partial charge on any atom is 0.157 e. The standard InChI is InChI=1S/C12H14ClN3/c1-2-3-8-6-10(13)16-11(7-8)14-12(15-16)9-4-5-9/h6-7,9H,2-5H2,1H3. The van der Waals surface area contributed by atoms with Gasteiger partial charge in [-0.1, -0.05) is 24.9 Å². The fraction of sp³-hybridized carbons (Fsp3) is 0.500. The first-order valence-corrected chi connectivity index (χ1v) is 6.21. The monoisotopic (exact) mass is 235 g/mol. The van der Waals surface area contributed by atoms with Gasteiger partial charge in [-0.05, 0) is 37.0 Å². The highest BCUT2D eigenvalue weighted by Crippen LogP contribution is 2.38. The van der Waals surface area contributed by atoms with Crippen molar-refractivity contribution in [2.24, 2.45) is 0 Å². The van der Waals surface area contributed by atoms with Crippen molar-refractivity contribution in [3.05, 3.63) is 28.7 Å². The summed E-state index contributed by atoms with van der Waals surface area (Å²) in [6.45, 7) is 2.16. The molecule has 2 heterocycles. The molecule has 0 saturated heterocycles. The zero-order valence-corrected chi connectivity index (χ0v) is 10.0. The van der Waals surface area contributed by atoms with Crippen LogP contribution in [0.1, 0.15) is 43.5 Å². The lowest BCUT2D eigenvalue weighted by Gasteiger charge is -2.00. The molecular formula is C12H14ClN3. The summed E-state index contributed by atoms with van der Waals surface area (Å²) in [4.78, 5) is 4.55. The van der Waals surface area contributed by atoms with Crippen LogP contribution < -0.4 is 0 Å². The maximum atomic E-state index is 6.20. The van der Waals surface area contributed by atoms with Gasteiger partial charge in [-0.3, -0.25) is 0 Å². The molecular weight excluding hydrogens is 222 g/mol. The highest BCUT2D eigenvalue weighted by Gasteiger charge is 2.28. The van der Waals surface area contributed by atoms with E-state index in [2.05, 4.69) is 23.1 Å². The van der Waals surface area contributed by atoms with Gasteiger partial charge in [-0.2, -0.15) is 0 Å². The number of aryl methyl sites for hydroxylation is 1. The predicted octanol–water partition coefficient (Wildman–Crippen LogP) is 3.21. The molecule has 2 aromatic rings. The van der Waals surface area contributed by atoms with Gasteiger partial charge in [0.25, 0.3) is 0 Å². The molecule has 0 aromatic carbocycles. The number of hydrogen-bond acceptors (Lipinski definition) is 2. The van der Waals surface area contributed by atoms with Gasteiger partial charge in [0, 0.05) is 5.92 Å². The minimum Gasteiger partial charge on any atom is -0.212 e. The number of halogens is 1. The van der Waals surface area contributed by atoms with Crippen molar-refractivity contribution in [2.75, 3.05) is 0 Å². The number of fused-ring (bicyclic) bond motifs is 1. The third-order valence-electron chi connectivity index (χ3n) is 2.95. The van der Waals surface area contributed by atoms with Crippen LogP contribution in [0.2, 0.25) is 5.15 Å². The average molecular weight is 236 g/mol. The van der Waals surface area contributed by atoms with Crippen molar-refractivity contribution < 1.29 is 0 Å². The smallest absolute Gasteiger partial charge is 0.157 e. The summed E-state index contributed by atoms with van der Waals surface area (Å²) in [7, 11) is 0. The Bertz CT molecular complexity index is 528. The van der Waals surface area contributed by atoms with E-state index in [9.17, 15) is 0 Å². The van der Waals surface area contributed by atoms with Gasteiger partial charge in [0.15, 0.2) is 11.5 Å². The van der Waals surface area contributed by atoms with E-state index in [4.69, 9.17) is 11.6 Å². The van der Waals surface area contributed by atoms with Gasteiger partial charge >= 0.3 is 0 Å². The van der Waals surface area contributed by atoms with E-state index in [1.165, 1.54) is 18.4 Å². The van der Waals surface area contributed by atoms with Crippen LogP contribution in [0.5, 0.6) is 0 Å². The Morgan fingerprint density at radius 2 is 2.25 bits per heavy atom. The molecule has 2 aromatic heterocycles. The summed E-state index contributed by atoms with van der Waals surface area (Å²) in [6, 6.07) is 4.08. The minimum absolute atomic E-state index is 0.575. The summed E-state index contributed by atoms with van der Waals surface area (Å²) in [5.74, 6) is 1.53. The number of rotatable bonds is 3. The molecule has 1 aliphatic rings. The van der Waals surface area contributed by atoms with Crippen LogP contribution in [-0.2, 0) is 6.42 Å². The summed E-state index contributed by atoms with van der Waals surface area (Å²) in [6.07, 6.45) is 4.60. The summed E-state index contributed by atoms with van der Waals surface area (Å²) in [5, 5.41) is 5.12. The highest BCUT2D eigenvalue weighted by molar-refractivity contribution is 6.29. The molecule has 0 spiro atoms. The molecule has 16 heavy (non-hydrogen) atoms. The molecule has 0 N–H and O–H groups in total. The highest BCUT2D eigenvalue weighted by atomic mass is 35.5. The molecule has 0 aliphatic heterocycles. The lowest BCUT2D eigenvalue weighted by Crippen LogP contribution is -1.93. The Kier molecular flexibility index (Phi) is 2.36. The largest absolute Gasteiger partial charge is 0.212 e. The quantitative estimate of drug-likeness (QED) is 0.765. The molecule has 4 heteroatoms. The number of aromatic nitrogens is 3. The third kappa shape index (κ3) is 1.69. The normalized spacial score (nSPS) is 15.9. The van der Waals surface area contributed by atoms with E-state index in [1.54, 1.807) is 4.52 Å². The Labute approximate surface area is 99.4 Å². The number of hydrogen-bond donors (Lipinski definition) is 0. The van der Waals surface area contributed by atoms with Crippen molar-refractivity contribution >= 4 is 17.2 Å². The molecule has 0 bridgehead atoms. The lowest BCUT2D eigenvalue weighted by atomic mass is 10.1. The topological polar surface area (TPSA) is 30.2 Å². The van der Waals surface area contributed by atoms with E-state index in [0.717, 1.165) is 24.3 Å². The fourth-order valence-corrected chi connectivity index (χ4v) is 2.23. The predicted molar refractivity (Wildman–Crippen MR) is 64.0 cm³/mol. The fourth-order valence-electron chi connectivity index (χ4n) is 1.96. The average Bonchev–Trinajstić information content (AvgIpc) is 3.00. The molecule has 1 aliphatic carbocycles. The zero-order valence-electron chi connectivity index (χ0n) is 9.28. The summed E-state index contributed by atoms with van der Waals surface area (Å²) >= 11 is 6.20. The number of pyridine rings is 1. The van der Waals surface area contributed by atoms with Crippen molar-refractivity contribution in [3.63, 3.8) is 0 Å². The van der Waals surface area contributed by atoms with Crippen LogP contribution in [0.4, 0.5) is 0 Å². The summed E-state index contributed by atoms with van der Waals surface area (Å²) < 4.78 is 1.74. The first kappa shape index (κ1) is 10.1. The zero-order chi connectivity index (χ0) is 11.1. The second kappa shape index (κ2) is 3.74. The van der Waals surface area contributed by atoms with Crippen LogP contribution in [0.15, 0.2) is 12.1 Å². The molecule has 0 unspecified atom stereocenters. The van der Waals surface area contributed by atoms with Crippen molar-refractivity contribution in [1.82, 2.24) is 14.6 Å². The minimum atomic E-state index is 0.575. The summed E-state index contributed by atoms with van der Waals surface area (Å²) in [5.41, 5.74) is 2.13. The molecule has 3 rings (SSSR count).